The highest BCUT2D eigenvalue weighted by Crippen LogP contribution is 2.26. The van der Waals surface area contributed by atoms with Gasteiger partial charge in [0.05, 0.1) is 12.5 Å². The highest BCUT2D eigenvalue weighted by Gasteiger charge is 2.23. The van der Waals surface area contributed by atoms with Gasteiger partial charge in [-0.2, -0.15) is 0 Å². The number of carbonyl (C=O) groups excluding carboxylic acids is 1. The van der Waals surface area contributed by atoms with Gasteiger partial charge >= 0.3 is 0 Å². The van der Waals surface area contributed by atoms with Crippen LogP contribution in [0, 0.1) is 5.92 Å². The van der Waals surface area contributed by atoms with Crippen LogP contribution in [0.2, 0.25) is 0 Å². The van der Waals surface area contributed by atoms with Crippen molar-refractivity contribution in [3.05, 3.63) is 72.9 Å². The quantitative estimate of drug-likeness (QED) is 0.659. The average Bonchev–Trinajstić information content (AvgIpc) is 3.24. The number of hydrogen-bond donors (Lipinski definition) is 2. The van der Waals surface area contributed by atoms with E-state index in [2.05, 4.69) is 15.6 Å². The lowest BCUT2D eigenvalue weighted by molar-refractivity contribution is -0.119. The van der Waals surface area contributed by atoms with Crippen molar-refractivity contribution in [3.8, 4) is 11.5 Å². The summed E-state index contributed by atoms with van der Waals surface area (Å²) in [7, 11) is 0. The number of aromatic nitrogens is 1. The van der Waals surface area contributed by atoms with Gasteiger partial charge in [0.2, 0.25) is 5.91 Å². The molecule has 1 atom stereocenters. The van der Waals surface area contributed by atoms with Crippen LogP contribution >= 0.6 is 0 Å². The minimum absolute atomic E-state index is 0.0552. The van der Waals surface area contributed by atoms with Gasteiger partial charge in [-0.05, 0) is 36.8 Å². The third kappa shape index (κ3) is 4.66. The zero-order chi connectivity index (χ0) is 19.2. The van der Waals surface area contributed by atoms with Crippen LogP contribution in [0.1, 0.15) is 6.42 Å². The van der Waals surface area contributed by atoms with Crippen LogP contribution < -0.4 is 15.4 Å². The smallest absolute Gasteiger partial charge is 0.231 e. The van der Waals surface area contributed by atoms with Crippen LogP contribution in [-0.4, -0.2) is 24.1 Å². The van der Waals surface area contributed by atoms with Crippen molar-refractivity contribution >= 4 is 23.1 Å². The zero-order valence-electron chi connectivity index (χ0n) is 15.3. The van der Waals surface area contributed by atoms with Gasteiger partial charge in [-0.3, -0.25) is 4.79 Å². The van der Waals surface area contributed by atoms with E-state index < -0.39 is 0 Å². The molecule has 0 bridgehead atoms. The Kier molecular flexibility index (Phi) is 5.49. The Bertz CT molecular complexity index is 941. The Morgan fingerprint density at radius 1 is 1.00 bits per heavy atom. The first-order valence-corrected chi connectivity index (χ1v) is 9.21. The number of carbonyl (C=O) groups is 1. The third-order valence-corrected chi connectivity index (χ3v) is 4.41. The normalized spacial score (nSPS) is 15.8. The molecule has 2 aromatic carbocycles. The molecule has 1 aliphatic heterocycles. The molecular formula is C22H21N3O3. The van der Waals surface area contributed by atoms with Crippen molar-refractivity contribution < 1.29 is 14.3 Å². The summed E-state index contributed by atoms with van der Waals surface area (Å²) < 4.78 is 11.1. The van der Waals surface area contributed by atoms with E-state index in [1.54, 1.807) is 12.3 Å². The molecule has 0 saturated carbocycles. The Labute approximate surface area is 163 Å². The van der Waals surface area contributed by atoms with Gasteiger partial charge in [-0.25, -0.2) is 4.98 Å². The summed E-state index contributed by atoms with van der Waals surface area (Å²) in [5, 5.41) is 6.18. The van der Waals surface area contributed by atoms with E-state index in [0.29, 0.717) is 19.0 Å². The molecule has 142 valence electrons. The van der Waals surface area contributed by atoms with Gasteiger partial charge < -0.3 is 20.1 Å². The third-order valence-electron chi connectivity index (χ3n) is 4.41. The van der Waals surface area contributed by atoms with Gasteiger partial charge in [0.15, 0.2) is 0 Å². The number of benzene rings is 2. The molecule has 6 heteroatoms. The average molecular weight is 375 g/mol. The van der Waals surface area contributed by atoms with Crippen LogP contribution in [0.25, 0.3) is 0 Å². The van der Waals surface area contributed by atoms with Crippen molar-refractivity contribution in [1.29, 1.82) is 0 Å². The molecule has 6 nitrogen and oxygen atoms in total. The molecule has 1 unspecified atom stereocenters. The maximum absolute atomic E-state index is 12.2. The molecule has 1 aromatic heterocycles. The van der Waals surface area contributed by atoms with Crippen LogP contribution in [-0.2, 0) is 9.53 Å². The van der Waals surface area contributed by atoms with Crippen molar-refractivity contribution in [2.45, 2.75) is 6.42 Å². The topological polar surface area (TPSA) is 72.5 Å². The van der Waals surface area contributed by atoms with Crippen molar-refractivity contribution in [2.75, 3.05) is 23.8 Å². The maximum Gasteiger partial charge on any atom is 0.231 e. The number of pyridine rings is 1. The first kappa shape index (κ1) is 18.0. The first-order chi connectivity index (χ1) is 13.8. The van der Waals surface area contributed by atoms with E-state index in [9.17, 15) is 4.79 Å². The van der Waals surface area contributed by atoms with Gasteiger partial charge in [-0.15, -0.1) is 0 Å². The second-order valence-corrected chi connectivity index (χ2v) is 6.55. The standard InChI is InChI=1S/C22H21N3O3/c26-22(16-10-12-27-15-16)25-21-14-18(9-11-23-21)24-17-5-4-8-20(13-17)28-19-6-2-1-3-7-19/h1-9,11,13-14,16H,10,12,15H2,(H2,23,24,25,26). The van der Waals surface area contributed by atoms with Crippen LogP contribution in [0.5, 0.6) is 11.5 Å². The molecule has 1 saturated heterocycles. The Morgan fingerprint density at radius 3 is 2.64 bits per heavy atom. The largest absolute Gasteiger partial charge is 0.457 e. The second-order valence-electron chi connectivity index (χ2n) is 6.55. The van der Waals surface area contributed by atoms with Crippen LogP contribution in [0.15, 0.2) is 72.9 Å². The lowest BCUT2D eigenvalue weighted by Crippen LogP contribution is -2.23. The molecule has 0 spiro atoms. The number of amides is 1. The summed E-state index contributed by atoms with van der Waals surface area (Å²) in [6, 6.07) is 21.0. The Hall–Kier alpha value is -3.38. The molecule has 2 N–H and O–H groups in total. The van der Waals surface area contributed by atoms with Crippen LogP contribution in [0.3, 0.4) is 0 Å². The zero-order valence-corrected chi connectivity index (χ0v) is 15.3. The van der Waals surface area contributed by atoms with Gasteiger partial charge in [-0.1, -0.05) is 24.3 Å². The predicted octanol–water partition coefficient (Wildman–Crippen LogP) is 4.59. The highest BCUT2D eigenvalue weighted by atomic mass is 16.5. The summed E-state index contributed by atoms with van der Waals surface area (Å²) in [5.41, 5.74) is 1.70. The molecule has 3 aromatic rings. The van der Waals surface area contributed by atoms with Crippen molar-refractivity contribution in [2.24, 2.45) is 5.92 Å². The SMILES string of the molecule is O=C(Nc1cc(Nc2cccc(Oc3ccccc3)c2)ccn1)C1CCOC1. The number of rotatable bonds is 6. The summed E-state index contributed by atoms with van der Waals surface area (Å²) in [6.07, 6.45) is 2.41. The number of anilines is 3. The lowest BCUT2D eigenvalue weighted by atomic mass is 10.1. The van der Waals surface area contributed by atoms with Gasteiger partial charge in [0, 0.05) is 36.3 Å². The fourth-order valence-electron chi connectivity index (χ4n) is 2.97. The molecule has 4 rings (SSSR count). The minimum atomic E-state index is -0.106. The van der Waals surface area contributed by atoms with E-state index >= 15 is 0 Å². The van der Waals surface area contributed by atoms with Crippen LogP contribution in [0.4, 0.5) is 17.2 Å². The fraction of sp³-hybridized carbons (Fsp3) is 0.182. The summed E-state index contributed by atoms with van der Waals surface area (Å²) >= 11 is 0. The molecule has 0 aliphatic carbocycles. The Balaban J connectivity index is 1.42. The lowest BCUT2D eigenvalue weighted by Gasteiger charge is -2.12. The molecule has 1 aliphatic rings. The second kappa shape index (κ2) is 8.54. The van der Waals surface area contributed by atoms with E-state index in [4.69, 9.17) is 9.47 Å². The molecule has 2 heterocycles. The monoisotopic (exact) mass is 375 g/mol. The van der Waals surface area contributed by atoms with E-state index in [0.717, 1.165) is 29.3 Å². The maximum atomic E-state index is 12.2. The number of nitrogens with one attached hydrogen (secondary N) is 2. The molecule has 0 radical (unpaired) electrons. The summed E-state index contributed by atoms with van der Waals surface area (Å²) in [6.45, 7) is 1.10. The molecule has 1 amide bonds. The predicted molar refractivity (Wildman–Crippen MR) is 108 cm³/mol. The Morgan fingerprint density at radius 2 is 1.82 bits per heavy atom. The fourth-order valence-corrected chi connectivity index (χ4v) is 2.97. The number of hydrogen-bond acceptors (Lipinski definition) is 5. The summed E-state index contributed by atoms with van der Waals surface area (Å²) in [5.74, 6) is 1.87. The highest BCUT2D eigenvalue weighted by molar-refractivity contribution is 5.92. The number of para-hydroxylation sites is 1. The van der Waals surface area contributed by atoms with Gasteiger partial charge in [0.1, 0.15) is 17.3 Å². The van der Waals surface area contributed by atoms with E-state index in [-0.39, 0.29) is 11.8 Å². The van der Waals surface area contributed by atoms with Gasteiger partial charge in [0.25, 0.3) is 0 Å². The molecular weight excluding hydrogens is 354 g/mol. The number of nitrogens with zero attached hydrogens (tertiary/aromatic N) is 1. The number of ether oxygens (including phenoxy) is 2. The van der Waals surface area contributed by atoms with Crippen molar-refractivity contribution in [3.63, 3.8) is 0 Å². The van der Waals surface area contributed by atoms with E-state index in [1.807, 2.05) is 60.7 Å². The van der Waals surface area contributed by atoms with Crippen molar-refractivity contribution in [1.82, 2.24) is 4.98 Å². The molecule has 28 heavy (non-hydrogen) atoms. The molecule has 1 fully saturated rings. The minimum Gasteiger partial charge on any atom is -0.457 e. The van der Waals surface area contributed by atoms with E-state index in [1.165, 1.54) is 0 Å². The summed E-state index contributed by atoms with van der Waals surface area (Å²) in [4.78, 5) is 16.5. The first-order valence-electron chi connectivity index (χ1n) is 9.21.